The van der Waals surface area contributed by atoms with E-state index in [9.17, 15) is 8.42 Å². The van der Waals surface area contributed by atoms with Crippen molar-refractivity contribution in [2.45, 2.75) is 50.0 Å². The Labute approximate surface area is 205 Å². The van der Waals surface area contributed by atoms with Gasteiger partial charge in [-0.2, -0.15) is 0 Å². The highest BCUT2D eigenvalue weighted by molar-refractivity contribution is 7.91. The zero-order valence-electron chi connectivity index (χ0n) is 20.6. The van der Waals surface area contributed by atoms with Gasteiger partial charge in [-0.15, -0.1) is 10.2 Å². The second kappa shape index (κ2) is 10.3. The molecule has 11 heteroatoms. The smallest absolute Gasteiger partial charge is 0.160 e. The third kappa shape index (κ3) is 5.01. The van der Waals surface area contributed by atoms with Gasteiger partial charge in [0, 0.05) is 30.8 Å². The Morgan fingerprint density at radius 3 is 2.34 bits per heavy atom. The van der Waals surface area contributed by atoms with Crippen LogP contribution in [0.4, 0.5) is 0 Å². The maximum atomic E-state index is 13.6. The lowest BCUT2D eigenvalue weighted by Crippen LogP contribution is -2.27. The topological polar surface area (TPSA) is 118 Å². The highest BCUT2D eigenvalue weighted by Crippen LogP contribution is 2.37. The normalized spacial score (nSPS) is 17.8. The van der Waals surface area contributed by atoms with Gasteiger partial charge in [0.25, 0.3) is 0 Å². The largest absolute Gasteiger partial charge is 0.494 e. The molecular formula is C24H31N5O5S. The standard InChI is InChI=1S/C24H31N5O5S/c1-15-11-25-23(26-12-15)16(2)17(3)35(30,31)14-21-27-28-24(18-9-10-34-13-18)29(21)22-19(32-4)7-6-8-20(22)33-5/h6-8,11-12,16-18H,9-10,13-14H2,1-5H3/t16-,17-,18+/m0/s1. The number of hydrogen-bond acceptors (Lipinski definition) is 9. The van der Waals surface area contributed by atoms with Crippen molar-refractivity contribution in [3.05, 3.63) is 53.6 Å². The number of nitrogens with zero attached hydrogens (tertiary/aromatic N) is 5. The van der Waals surface area contributed by atoms with E-state index in [2.05, 4.69) is 20.2 Å². The minimum atomic E-state index is -3.67. The molecule has 0 spiro atoms. The number of hydrogen-bond donors (Lipinski definition) is 0. The molecular weight excluding hydrogens is 470 g/mol. The van der Waals surface area contributed by atoms with Gasteiger partial charge in [0.05, 0.1) is 26.1 Å². The predicted octanol–water partition coefficient (Wildman–Crippen LogP) is 2.99. The molecule has 35 heavy (non-hydrogen) atoms. The number of methoxy groups -OCH3 is 2. The van der Waals surface area contributed by atoms with E-state index >= 15 is 0 Å². The summed E-state index contributed by atoms with van der Waals surface area (Å²) in [5.41, 5.74) is 1.48. The van der Waals surface area contributed by atoms with Crippen molar-refractivity contribution in [2.24, 2.45) is 0 Å². The quantitative estimate of drug-likeness (QED) is 0.436. The Bertz CT molecular complexity index is 1250. The first-order valence-electron chi connectivity index (χ1n) is 11.5. The molecule has 4 rings (SSSR count). The maximum Gasteiger partial charge on any atom is 0.160 e. The summed E-state index contributed by atoms with van der Waals surface area (Å²) in [6.07, 6.45) is 4.15. The predicted molar refractivity (Wildman–Crippen MR) is 130 cm³/mol. The molecule has 1 saturated heterocycles. The summed E-state index contributed by atoms with van der Waals surface area (Å²) in [7, 11) is -0.550. The highest BCUT2D eigenvalue weighted by atomic mass is 32.2. The zero-order chi connectivity index (χ0) is 25.2. The van der Waals surface area contributed by atoms with E-state index < -0.39 is 21.0 Å². The molecule has 0 radical (unpaired) electrons. The molecule has 1 aliphatic rings. The lowest BCUT2D eigenvalue weighted by molar-refractivity contribution is 0.193. The van der Waals surface area contributed by atoms with Crippen LogP contribution in [0.15, 0.2) is 30.6 Å². The van der Waals surface area contributed by atoms with Gasteiger partial charge < -0.3 is 14.2 Å². The van der Waals surface area contributed by atoms with E-state index in [0.29, 0.717) is 47.9 Å². The summed E-state index contributed by atoms with van der Waals surface area (Å²) in [4.78, 5) is 8.66. The van der Waals surface area contributed by atoms with E-state index in [4.69, 9.17) is 14.2 Å². The first-order chi connectivity index (χ1) is 16.8. The van der Waals surface area contributed by atoms with Crippen molar-refractivity contribution < 1.29 is 22.6 Å². The summed E-state index contributed by atoms with van der Waals surface area (Å²) in [6, 6.07) is 5.40. The van der Waals surface area contributed by atoms with E-state index in [-0.39, 0.29) is 11.7 Å². The van der Waals surface area contributed by atoms with Crippen LogP contribution in [0, 0.1) is 6.92 Å². The summed E-state index contributed by atoms with van der Waals surface area (Å²) < 4.78 is 45.7. The fraction of sp³-hybridized carbons (Fsp3) is 0.500. The van der Waals surface area contributed by atoms with Crippen molar-refractivity contribution in [2.75, 3.05) is 27.4 Å². The van der Waals surface area contributed by atoms with Crippen LogP contribution in [0.25, 0.3) is 5.69 Å². The number of para-hydroxylation sites is 1. The van der Waals surface area contributed by atoms with Crippen LogP contribution in [-0.2, 0) is 20.3 Å². The second-order valence-corrected chi connectivity index (χ2v) is 11.2. The van der Waals surface area contributed by atoms with Crippen molar-refractivity contribution in [1.82, 2.24) is 24.7 Å². The Morgan fingerprint density at radius 2 is 1.77 bits per heavy atom. The lowest BCUT2D eigenvalue weighted by Gasteiger charge is -2.21. The molecule has 1 fully saturated rings. The molecule has 1 aromatic carbocycles. The molecule has 0 saturated carbocycles. The molecule has 0 amide bonds. The molecule has 0 unspecified atom stereocenters. The molecule has 3 atom stereocenters. The van der Waals surface area contributed by atoms with Crippen LogP contribution in [0.3, 0.4) is 0 Å². The highest BCUT2D eigenvalue weighted by Gasteiger charge is 2.34. The van der Waals surface area contributed by atoms with Crippen LogP contribution < -0.4 is 9.47 Å². The van der Waals surface area contributed by atoms with Gasteiger partial charge in [-0.1, -0.05) is 13.0 Å². The third-order valence-corrected chi connectivity index (χ3v) is 8.69. The average Bonchev–Trinajstić information content (AvgIpc) is 3.52. The van der Waals surface area contributed by atoms with Gasteiger partial charge in [0.1, 0.15) is 34.6 Å². The summed E-state index contributed by atoms with van der Waals surface area (Å²) in [5.74, 6) is 1.72. The van der Waals surface area contributed by atoms with Crippen LogP contribution in [-0.4, -0.2) is 65.8 Å². The fourth-order valence-electron chi connectivity index (χ4n) is 4.19. The maximum absolute atomic E-state index is 13.6. The first-order valence-corrected chi connectivity index (χ1v) is 13.2. The van der Waals surface area contributed by atoms with E-state index in [0.717, 1.165) is 12.0 Å². The molecule has 0 aliphatic carbocycles. The Hall–Kier alpha value is -3.05. The molecule has 2 aromatic heterocycles. The Balaban J connectivity index is 1.76. The van der Waals surface area contributed by atoms with Crippen molar-refractivity contribution in [1.29, 1.82) is 0 Å². The van der Waals surface area contributed by atoms with E-state index in [1.807, 2.05) is 19.9 Å². The number of aryl methyl sites for hydroxylation is 1. The zero-order valence-corrected chi connectivity index (χ0v) is 21.4. The second-order valence-electron chi connectivity index (χ2n) is 8.80. The van der Waals surface area contributed by atoms with Crippen LogP contribution >= 0.6 is 0 Å². The van der Waals surface area contributed by atoms with Crippen molar-refractivity contribution in [3.63, 3.8) is 0 Å². The van der Waals surface area contributed by atoms with Gasteiger partial charge >= 0.3 is 0 Å². The molecule has 3 aromatic rings. The molecule has 188 valence electrons. The van der Waals surface area contributed by atoms with Crippen molar-refractivity contribution in [3.8, 4) is 17.2 Å². The van der Waals surface area contributed by atoms with Crippen molar-refractivity contribution >= 4 is 9.84 Å². The van der Waals surface area contributed by atoms with Crippen LogP contribution in [0.5, 0.6) is 11.5 Å². The number of sulfone groups is 1. The van der Waals surface area contributed by atoms with Gasteiger partial charge in [-0.25, -0.2) is 18.4 Å². The van der Waals surface area contributed by atoms with Crippen LogP contribution in [0.1, 0.15) is 55.1 Å². The SMILES string of the molecule is COc1cccc(OC)c1-n1c(CS(=O)(=O)[C@@H](C)[C@H](C)c2ncc(C)cn2)nnc1[C@@H]1CCOC1. The van der Waals surface area contributed by atoms with Crippen LogP contribution in [0.2, 0.25) is 0 Å². The van der Waals surface area contributed by atoms with Gasteiger partial charge in [-0.3, -0.25) is 4.57 Å². The number of ether oxygens (including phenoxy) is 3. The van der Waals surface area contributed by atoms with Gasteiger partial charge in [-0.05, 0) is 38.0 Å². The summed E-state index contributed by atoms with van der Waals surface area (Å²) in [6.45, 7) is 6.49. The summed E-state index contributed by atoms with van der Waals surface area (Å²) in [5, 5.41) is 8.01. The molecule has 10 nitrogen and oxygen atoms in total. The number of benzene rings is 1. The minimum Gasteiger partial charge on any atom is -0.494 e. The third-order valence-electron chi connectivity index (χ3n) is 6.48. The minimum absolute atomic E-state index is 0.0223. The molecule has 1 aliphatic heterocycles. The number of rotatable bonds is 9. The molecule has 3 heterocycles. The van der Waals surface area contributed by atoms with Gasteiger partial charge in [0.2, 0.25) is 0 Å². The average molecular weight is 502 g/mol. The van der Waals surface area contributed by atoms with E-state index in [1.165, 1.54) is 0 Å². The Morgan fingerprint density at radius 1 is 1.11 bits per heavy atom. The lowest BCUT2D eigenvalue weighted by atomic mass is 10.1. The molecule has 0 bridgehead atoms. The first kappa shape index (κ1) is 25.1. The number of aromatic nitrogens is 5. The molecule has 0 N–H and O–H groups in total. The fourth-order valence-corrected chi connectivity index (χ4v) is 5.75. The van der Waals surface area contributed by atoms with E-state index in [1.54, 1.807) is 50.2 Å². The van der Waals surface area contributed by atoms with Gasteiger partial charge in [0.15, 0.2) is 15.7 Å². The summed E-state index contributed by atoms with van der Waals surface area (Å²) >= 11 is 0. The Kier molecular flexibility index (Phi) is 7.36. The monoisotopic (exact) mass is 501 g/mol.